The van der Waals surface area contributed by atoms with E-state index in [-0.39, 0.29) is 19.4 Å². The Balaban J connectivity index is 1.23. The maximum absolute atomic E-state index is 14.7. The van der Waals surface area contributed by atoms with Gasteiger partial charge in [0.2, 0.25) is 21.8 Å². The summed E-state index contributed by atoms with van der Waals surface area (Å²) in [6.07, 6.45) is 8.79. The molecule has 1 aromatic carbocycles. The van der Waals surface area contributed by atoms with Crippen LogP contribution in [0, 0.1) is 12.8 Å². The van der Waals surface area contributed by atoms with Crippen molar-refractivity contribution in [3.05, 3.63) is 47.7 Å². The van der Waals surface area contributed by atoms with Gasteiger partial charge in [0.05, 0.1) is 22.5 Å². The third-order valence-corrected chi connectivity index (χ3v) is 13.7. The van der Waals surface area contributed by atoms with Crippen molar-refractivity contribution < 1.29 is 37.1 Å². The molecule has 0 bridgehead atoms. The van der Waals surface area contributed by atoms with E-state index < -0.39 is 73.3 Å². The fourth-order valence-corrected chi connectivity index (χ4v) is 9.40. The van der Waals surface area contributed by atoms with Crippen molar-refractivity contribution in [1.82, 2.24) is 25.2 Å². The first-order valence-corrected chi connectivity index (χ1v) is 20.4. The second-order valence-corrected chi connectivity index (χ2v) is 19.1. The first-order chi connectivity index (χ1) is 24.9. The molecule has 1 saturated heterocycles. The number of aryl methyl sites for hydroxylation is 2. The number of fused-ring (bicyclic) bond motifs is 5. The highest BCUT2D eigenvalue weighted by atomic mass is 32.2. The number of aromatic nitrogens is 1. The summed E-state index contributed by atoms with van der Waals surface area (Å²) in [7, 11) is -3.98. The number of nitrogens with one attached hydrogen (secondary N) is 3. The van der Waals surface area contributed by atoms with Crippen molar-refractivity contribution in [3.8, 4) is 5.75 Å². The smallest absolute Gasteiger partial charge is 0.408 e. The predicted octanol–water partition coefficient (Wildman–Crippen LogP) is 4.49. The molecule has 286 valence electrons. The average Bonchev–Trinajstić information content (AvgIpc) is 3.97. The van der Waals surface area contributed by atoms with Crippen molar-refractivity contribution in [1.29, 1.82) is 0 Å². The molecular formula is C39H51N5O8S. The number of carbonyl (C=O) groups is 4. The molecule has 3 aliphatic heterocycles. The molecule has 5 atom stereocenters. The van der Waals surface area contributed by atoms with Gasteiger partial charge in [-0.2, -0.15) is 0 Å². The normalized spacial score (nSPS) is 30.4. The Kier molecular flexibility index (Phi) is 9.30. The molecule has 13 nitrogen and oxygen atoms in total. The minimum absolute atomic E-state index is 0.0669. The number of nitrogens with zero attached hydrogens (tertiary/aromatic N) is 2. The third kappa shape index (κ3) is 7.23. The Morgan fingerprint density at radius 1 is 1.08 bits per heavy atom. The number of para-hydroxylation sites is 1. The van der Waals surface area contributed by atoms with E-state index in [1.807, 2.05) is 43.3 Å². The minimum Gasteiger partial charge on any atom is -0.483 e. The highest BCUT2D eigenvalue weighted by molar-refractivity contribution is 7.91. The summed E-state index contributed by atoms with van der Waals surface area (Å²) in [5.74, 6) is -1.58. The molecule has 0 radical (unpaired) electrons. The standard InChI is InChI=1S/C39H51N5O8S/c1-24-31-27(26-14-11-12-15-28(26)40-24)17-18-38(51-31)22-30-32(45)42-39(34(47)43-53(49,50)37(5)19-20-37)21-25(39)13-9-7-6-8-10-16-29(33(46)44(30)23-38)41-35(48)52-36(2,3)4/h9,11-15,25,29-30H,6-8,10,16-23H2,1-5H3,(H,41,48)(H,42,45)(H,43,47)/b13-9-/t25-,29-,30-,38+,39+/m0/s1. The van der Waals surface area contributed by atoms with E-state index in [0.29, 0.717) is 56.4 Å². The van der Waals surface area contributed by atoms with Crippen LogP contribution in [0.15, 0.2) is 36.4 Å². The Morgan fingerprint density at radius 2 is 1.83 bits per heavy atom. The fraction of sp³-hybridized carbons (Fsp3) is 0.615. The molecule has 14 heteroatoms. The lowest BCUT2D eigenvalue weighted by molar-refractivity contribution is -0.141. The molecule has 4 heterocycles. The highest BCUT2D eigenvalue weighted by Gasteiger charge is 2.64. The molecule has 3 N–H and O–H groups in total. The Morgan fingerprint density at radius 3 is 2.57 bits per heavy atom. The van der Waals surface area contributed by atoms with Crippen LogP contribution in [-0.4, -0.2) is 82.2 Å². The summed E-state index contributed by atoms with van der Waals surface area (Å²) in [5, 5.41) is 6.72. The van der Waals surface area contributed by atoms with Gasteiger partial charge in [-0.1, -0.05) is 43.2 Å². The molecular weight excluding hydrogens is 699 g/mol. The molecule has 1 spiro atoms. The van der Waals surface area contributed by atoms with Crippen LogP contribution >= 0.6 is 0 Å². The van der Waals surface area contributed by atoms with Crippen LogP contribution in [0.1, 0.15) is 103 Å². The van der Waals surface area contributed by atoms with E-state index in [2.05, 4.69) is 15.4 Å². The highest BCUT2D eigenvalue weighted by Crippen LogP contribution is 2.49. The topological polar surface area (TPSA) is 173 Å². The fourth-order valence-electron chi connectivity index (χ4n) is 8.09. The van der Waals surface area contributed by atoms with Gasteiger partial charge in [-0.15, -0.1) is 0 Å². The number of allylic oxidation sites excluding steroid dienone is 1. The zero-order valence-electron chi connectivity index (χ0n) is 31.3. The van der Waals surface area contributed by atoms with Gasteiger partial charge < -0.3 is 25.0 Å². The van der Waals surface area contributed by atoms with Gasteiger partial charge in [0.1, 0.15) is 34.6 Å². The van der Waals surface area contributed by atoms with Crippen LogP contribution in [-0.2, 0) is 35.6 Å². The van der Waals surface area contributed by atoms with E-state index in [1.165, 1.54) is 4.90 Å². The summed E-state index contributed by atoms with van der Waals surface area (Å²) in [5.41, 5.74) is -0.650. The largest absolute Gasteiger partial charge is 0.483 e. The molecule has 0 unspecified atom stereocenters. The monoisotopic (exact) mass is 749 g/mol. The lowest BCUT2D eigenvalue weighted by atomic mass is 9.87. The van der Waals surface area contributed by atoms with E-state index in [1.54, 1.807) is 27.7 Å². The van der Waals surface area contributed by atoms with Gasteiger partial charge in [-0.05, 0) is 92.1 Å². The number of hydrogen-bond donors (Lipinski definition) is 3. The Hall–Kier alpha value is -4.20. The van der Waals surface area contributed by atoms with Crippen molar-refractivity contribution in [3.63, 3.8) is 0 Å². The van der Waals surface area contributed by atoms with E-state index in [4.69, 9.17) is 14.5 Å². The molecule has 4 amide bonds. The number of rotatable bonds is 4. The van der Waals surface area contributed by atoms with Crippen molar-refractivity contribution >= 4 is 44.7 Å². The van der Waals surface area contributed by atoms with E-state index >= 15 is 0 Å². The maximum atomic E-state index is 14.7. The number of ether oxygens (including phenoxy) is 2. The second-order valence-electron chi connectivity index (χ2n) is 16.9. The molecule has 7 rings (SSSR count). The van der Waals surface area contributed by atoms with Crippen LogP contribution in [0.5, 0.6) is 5.75 Å². The zero-order valence-corrected chi connectivity index (χ0v) is 32.1. The summed E-state index contributed by atoms with van der Waals surface area (Å²) < 4.78 is 40.0. The van der Waals surface area contributed by atoms with Gasteiger partial charge in [-0.25, -0.2) is 18.2 Å². The van der Waals surface area contributed by atoms with Gasteiger partial charge >= 0.3 is 6.09 Å². The van der Waals surface area contributed by atoms with Crippen LogP contribution in [0.25, 0.3) is 10.9 Å². The first-order valence-electron chi connectivity index (χ1n) is 18.9. The lowest BCUT2D eigenvalue weighted by Gasteiger charge is -2.36. The van der Waals surface area contributed by atoms with Crippen molar-refractivity contribution in [2.24, 2.45) is 5.92 Å². The van der Waals surface area contributed by atoms with Gasteiger partial charge in [0, 0.05) is 23.3 Å². The lowest BCUT2D eigenvalue weighted by Crippen LogP contribution is -2.58. The Labute approximate surface area is 311 Å². The van der Waals surface area contributed by atoms with Crippen molar-refractivity contribution in [2.45, 2.75) is 139 Å². The van der Waals surface area contributed by atoms with Gasteiger partial charge in [0.15, 0.2) is 0 Å². The molecule has 3 fully saturated rings. The van der Waals surface area contributed by atoms with Crippen molar-refractivity contribution in [2.75, 3.05) is 6.54 Å². The maximum Gasteiger partial charge on any atom is 0.408 e. The number of carbonyl (C=O) groups excluding carboxylic acids is 4. The minimum atomic E-state index is -3.98. The first kappa shape index (κ1) is 37.1. The summed E-state index contributed by atoms with van der Waals surface area (Å²) in [6, 6.07) is 5.82. The quantitative estimate of drug-likeness (QED) is 0.381. The predicted molar refractivity (Wildman–Crippen MR) is 197 cm³/mol. The number of hydrogen-bond acceptors (Lipinski definition) is 9. The third-order valence-electron chi connectivity index (χ3n) is 11.6. The van der Waals surface area contributed by atoms with Gasteiger partial charge in [-0.3, -0.25) is 19.1 Å². The van der Waals surface area contributed by atoms with E-state index in [9.17, 15) is 27.6 Å². The summed E-state index contributed by atoms with van der Waals surface area (Å²) in [4.78, 5) is 62.5. The van der Waals surface area contributed by atoms with E-state index in [0.717, 1.165) is 29.3 Å². The summed E-state index contributed by atoms with van der Waals surface area (Å²) >= 11 is 0. The number of pyridine rings is 1. The van der Waals surface area contributed by atoms with Gasteiger partial charge in [0.25, 0.3) is 5.91 Å². The number of alkyl carbamates (subject to hydrolysis) is 1. The molecule has 2 aliphatic carbocycles. The Bertz CT molecular complexity index is 1990. The molecule has 2 saturated carbocycles. The summed E-state index contributed by atoms with van der Waals surface area (Å²) in [6.45, 7) is 8.79. The zero-order chi connectivity index (χ0) is 38.0. The number of benzene rings is 1. The number of amides is 4. The van der Waals surface area contributed by atoms with Crippen LogP contribution < -0.4 is 20.1 Å². The molecule has 2 aromatic rings. The number of sulfonamides is 1. The molecule has 1 aromatic heterocycles. The molecule has 5 aliphatic rings. The average molecular weight is 750 g/mol. The van der Waals surface area contributed by atoms with Crippen LogP contribution in [0.3, 0.4) is 0 Å². The second kappa shape index (κ2) is 13.3. The SMILES string of the molecule is Cc1nc2ccccc2c2c1O[C@]1(CC2)C[C@H]2C(=O)N[C@]3(C(=O)NS(=O)(=O)C4(C)CC4)C[C@@H]3/C=C\CCCCC[C@H](NC(=O)OC(C)(C)C)C(=O)N2C1. The van der Waals surface area contributed by atoms with Crippen LogP contribution in [0.2, 0.25) is 0 Å². The van der Waals surface area contributed by atoms with Crippen LogP contribution in [0.4, 0.5) is 4.79 Å². The molecule has 53 heavy (non-hydrogen) atoms.